The molecule has 1 unspecified atom stereocenters. The Morgan fingerprint density at radius 1 is 1.23 bits per heavy atom. The van der Waals surface area contributed by atoms with Crippen LogP contribution in [0.3, 0.4) is 0 Å². The number of sulfone groups is 1. The number of piperidine rings is 1. The Labute approximate surface area is 159 Å². The second-order valence-corrected chi connectivity index (χ2v) is 8.26. The van der Waals surface area contributed by atoms with Gasteiger partial charge in [0.1, 0.15) is 0 Å². The molecule has 142 valence electrons. The van der Waals surface area contributed by atoms with Crippen molar-refractivity contribution in [2.75, 3.05) is 19.6 Å². The molecule has 8 heteroatoms. The van der Waals surface area contributed by atoms with Crippen molar-refractivity contribution in [3.63, 3.8) is 0 Å². The van der Waals surface area contributed by atoms with Crippen molar-refractivity contribution in [3.8, 4) is 0 Å². The first-order valence-electron chi connectivity index (χ1n) is 8.39. The quantitative estimate of drug-likeness (QED) is 0.780. The van der Waals surface area contributed by atoms with Crippen molar-refractivity contribution in [1.29, 1.82) is 0 Å². The van der Waals surface area contributed by atoms with Gasteiger partial charge in [-0.05, 0) is 50.0 Å². The van der Waals surface area contributed by atoms with Crippen molar-refractivity contribution < 1.29 is 17.6 Å². The van der Waals surface area contributed by atoms with Crippen LogP contribution >= 0.6 is 12.4 Å². The van der Waals surface area contributed by atoms with Crippen molar-refractivity contribution >= 4 is 28.2 Å². The van der Waals surface area contributed by atoms with Crippen LogP contribution < -0.4 is 10.6 Å². The summed E-state index contributed by atoms with van der Waals surface area (Å²) in [4.78, 5) is 12.6. The number of rotatable bonds is 6. The molecule has 1 aliphatic rings. The van der Waals surface area contributed by atoms with Crippen LogP contribution in [0.4, 0.5) is 0 Å². The lowest BCUT2D eigenvalue weighted by Crippen LogP contribution is -2.38. The number of halogens is 1. The summed E-state index contributed by atoms with van der Waals surface area (Å²) in [6.07, 6.45) is 3.52. The summed E-state index contributed by atoms with van der Waals surface area (Å²) in [7, 11) is -3.52. The second kappa shape index (κ2) is 9.21. The van der Waals surface area contributed by atoms with Gasteiger partial charge in [0.2, 0.25) is 0 Å². The molecule has 0 saturated carbocycles. The van der Waals surface area contributed by atoms with Gasteiger partial charge in [-0.15, -0.1) is 12.4 Å². The molecule has 1 atom stereocenters. The fourth-order valence-corrected chi connectivity index (χ4v) is 4.36. The van der Waals surface area contributed by atoms with E-state index in [0.717, 1.165) is 25.9 Å². The van der Waals surface area contributed by atoms with Gasteiger partial charge in [-0.3, -0.25) is 4.79 Å². The van der Waals surface area contributed by atoms with Gasteiger partial charge in [-0.2, -0.15) is 0 Å². The fourth-order valence-electron chi connectivity index (χ4n) is 2.98. The molecule has 1 saturated heterocycles. The predicted octanol–water partition coefficient (Wildman–Crippen LogP) is 2.40. The van der Waals surface area contributed by atoms with Gasteiger partial charge >= 0.3 is 0 Å². The Morgan fingerprint density at radius 3 is 2.69 bits per heavy atom. The standard InChI is InChI=1S/C18H22N2O4S.ClH/c21-18(20-12-14-5-4-9-19-11-14)17-15(8-10-24-17)13-25(22,23)16-6-2-1-3-7-16;/h1-3,6-8,10,14,19H,4-5,9,11-13H2,(H,20,21);1H. The lowest BCUT2D eigenvalue weighted by Gasteiger charge is -2.22. The average Bonchev–Trinajstić information content (AvgIpc) is 3.09. The maximum absolute atomic E-state index is 12.5. The van der Waals surface area contributed by atoms with Crippen LogP contribution in [0, 0.1) is 5.92 Å². The first-order chi connectivity index (χ1) is 12.1. The molecule has 2 aromatic rings. The van der Waals surface area contributed by atoms with Crippen LogP contribution in [-0.4, -0.2) is 34.0 Å². The van der Waals surface area contributed by atoms with Gasteiger partial charge in [-0.25, -0.2) is 8.42 Å². The average molecular weight is 399 g/mol. The van der Waals surface area contributed by atoms with E-state index in [1.54, 1.807) is 30.3 Å². The summed E-state index contributed by atoms with van der Waals surface area (Å²) < 4.78 is 30.3. The largest absolute Gasteiger partial charge is 0.459 e. The van der Waals surface area contributed by atoms with E-state index >= 15 is 0 Å². The Hall–Kier alpha value is -1.83. The van der Waals surface area contributed by atoms with Crippen LogP contribution in [0.5, 0.6) is 0 Å². The molecule has 2 heterocycles. The smallest absolute Gasteiger partial charge is 0.287 e. The van der Waals surface area contributed by atoms with E-state index in [2.05, 4.69) is 10.6 Å². The number of furan rings is 1. The third-order valence-electron chi connectivity index (χ3n) is 4.35. The van der Waals surface area contributed by atoms with Gasteiger partial charge in [0.15, 0.2) is 15.6 Å². The first kappa shape index (κ1) is 20.5. The van der Waals surface area contributed by atoms with E-state index in [1.807, 2.05) is 0 Å². The Balaban J connectivity index is 0.00000243. The minimum Gasteiger partial charge on any atom is -0.459 e. The topological polar surface area (TPSA) is 88.4 Å². The lowest BCUT2D eigenvalue weighted by atomic mass is 10.00. The van der Waals surface area contributed by atoms with E-state index in [1.165, 1.54) is 12.3 Å². The molecule has 1 fully saturated rings. The first-order valence-corrected chi connectivity index (χ1v) is 10.0. The molecule has 0 radical (unpaired) electrons. The number of nitrogens with one attached hydrogen (secondary N) is 2. The van der Waals surface area contributed by atoms with E-state index in [0.29, 0.717) is 18.0 Å². The Kier molecular flexibility index (Phi) is 7.25. The summed E-state index contributed by atoms with van der Waals surface area (Å²) in [5, 5.41) is 6.15. The zero-order valence-corrected chi connectivity index (χ0v) is 15.9. The summed E-state index contributed by atoms with van der Waals surface area (Å²) in [6, 6.07) is 9.74. The molecule has 0 bridgehead atoms. The molecular weight excluding hydrogens is 376 g/mol. The van der Waals surface area contributed by atoms with Crippen LogP contribution in [0.15, 0.2) is 52.0 Å². The van der Waals surface area contributed by atoms with E-state index < -0.39 is 9.84 Å². The summed E-state index contributed by atoms with van der Waals surface area (Å²) in [5.41, 5.74) is 0.378. The number of hydrogen-bond donors (Lipinski definition) is 2. The van der Waals surface area contributed by atoms with Crippen molar-refractivity contribution in [3.05, 3.63) is 54.0 Å². The van der Waals surface area contributed by atoms with E-state index in [-0.39, 0.29) is 34.7 Å². The number of benzene rings is 1. The van der Waals surface area contributed by atoms with Gasteiger partial charge in [0, 0.05) is 12.1 Å². The van der Waals surface area contributed by atoms with Crippen molar-refractivity contribution in [1.82, 2.24) is 10.6 Å². The number of carbonyl (C=O) groups excluding carboxylic acids is 1. The van der Waals surface area contributed by atoms with Crippen LogP contribution in [0.25, 0.3) is 0 Å². The maximum Gasteiger partial charge on any atom is 0.287 e. The summed E-state index contributed by atoms with van der Waals surface area (Å²) in [6.45, 7) is 2.45. The third-order valence-corrected chi connectivity index (χ3v) is 6.03. The molecule has 1 aromatic heterocycles. The molecule has 6 nitrogen and oxygen atoms in total. The molecule has 1 aromatic carbocycles. The summed E-state index contributed by atoms with van der Waals surface area (Å²) in [5.74, 6) is -0.164. The zero-order chi connectivity index (χ0) is 17.7. The van der Waals surface area contributed by atoms with Crippen LogP contribution in [0.2, 0.25) is 0 Å². The highest BCUT2D eigenvalue weighted by Gasteiger charge is 2.23. The molecule has 0 spiro atoms. The minimum absolute atomic E-state index is 0. The van der Waals surface area contributed by atoms with Gasteiger partial charge in [0.25, 0.3) is 5.91 Å². The Bertz CT molecular complexity index is 815. The van der Waals surface area contributed by atoms with Gasteiger partial charge < -0.3 is 15.1 Å². The van der Waals surface area contributed by atoms with Crippen molar-refractivity contribution in [2.24, 2.45) is 5.92 Å². The number of carbonyl (C=O) groups is 1. The number of hydrogen-bond acceptors (Lipinski definition) is 5. The monoisotopic (exact) mass is 398 g/mol. The highest BCUT2D eigenvalue weighted by atomic mass is 35.5. The minimum atomic E-state index is -3.52. The molecule has 3 rings (SSSR count). The molecule has 26 heavy (non-hydrogen) atoms. The fraction of sp³-hybridized carbons (Fsp3) is 0.389. The highest BCUT2D eigenvalue weighted by Crippen LogP contribution is 2.20. The molecule has 1 aliphatic heterocycles. The Morgan fingerprint density at radius 2 is 2.00 bits per heavy atom. The van der Waals surface area contributed by atoms with Gasteiger partial charge in [-0.1, -0.05) is 18.2 Å². The second-order valence-electron chi connectivity index (χ2n) is 6.27. The van der Waals surface area contributed by atoms with Gasteiger partial charge in [0.05, 0.1) is 16.9 Å². The molecule has 2 N–H and O–H groups in total. The van der Waals surface area contributed by atoms with Crippen LogP contribution in [-0.2, 0) is 15.6 Å². The van der Waals surface area contributed by atoms with Crippen molar-refractivity contribution in [2.45, 2.75) is 23.5 Å². The zero-order valence-electron chi connectivity index (χ0n) is 14.3. The third kappa shape index (κ3) is 5.09. The molecule has 0 aliphatic carbocycles. The number of amides is 1. The van der Waals surface area contributed by atoms with Crippen LogP contribution in [0.1, 0.15) is 29.0 Å². The molecular formula is C18H23ClN2O4S. The summed E-state index contributed by atoms with van der Waals surface area (Å²) >= 11 is 0. The molecule has 1 amide bonds. The van der Waals surface area contributed by atoms with E-state index in [9.17, 15) is 13.2 Å². The lowest BCUT2D eigenvalue weighted by molar-refractivity contribution is 0.0916. The maximum atomic E-state index is 12.5. The highest BCUT2D eigenvalue weighted by molar-refractivity contribution is 7.90. The normalized spacial score (nSPS) is 17.3. The predicted molar refractivity (Wildman–Crippen MR) is 101 cm³/mol. The SMILES string of the molecule is Cl.O=C(NCC1CCCNC1)c1occc1CS(=O)(=O)c1ccccc1. The van der Waals surface area contributed by atoms with E-state index in [4.69, 9.17) is 4.42 Å².